The number of rotatable bonds is 4. The van der Waals surface area contributed by atoms with Crippen molar-refractivity contribution in [2.45, 2.75) is 5.92 Å². The number of aromatic nitrogens is 1. The second kappa shape index (κ2) is 5.18. The predicted octanol–water partition coefficient (Wildman–Crippen LogP) is 1.72. The third-order valence-electron chi connectivity index (χ3n) is 1.79. The number of anilines is 1. The first-order valence-electron chi connectivity index (χ1n) is 4.36. The molecule has 0 aliphatic carbocycles. The van der Waals surface area contributed by atoms with E-state index in [0.717, 1.165) is 0 Å². The third-order valence-corrected chi connectivity index (χ3v) is 2.22. The monoisotopic (exact) mass is 290 g/mol. The fourth-order valence-electron chi connectivity index (χ4n) is 0.951. The van der Waals surface area contributed by atoms with Crippen molar-refractivity contribution in [3.8, 4) is 6.07 Å². The maximum atomic E-state index is 12.8. The zero-order valence-electron chi connectivity index (χ0n) is 8.17. The summed E-state index contributed by atoms with van der Waals surface area (Å²) in [4.78, 5) is 3.83. The third kappa shape index (κ3) is 3.40. The quantitative estimate of drug-likeness (QED) is 0.885. The molecule has 0 fully saturated rings. The molecule has 0 aliphatic rings. The highest BCUT2D eigenvalue weighted by molar-refractivity contribution is 9.10. The first kappa shape index (κ1) is 12.8. The van der Waals surface area contributed by atoms with Gasteiger partial charge in [-0.1, -0.05) is 0 Å². The molecule has 0 saturated carbocycles. The van der Waals surface area contributed by atoms with Crippen LogP contribution >= 0.6 is 15.9 Å². The van der Waals surface area contributed by atoms with Crippen LogP contribution in [0.5, 0.6) is 0 Å². The molecule has 3 N–H and O–H groups in total. The summed E-state index contributed by atoms with van der Waals surface area (Å²) in [6.45, 7) is -1.40. The Hall–Kier alpha value is -1.26. The fourth-order valence-corrected chi connectivity index (χ4v) is 1.28. The van der Waals surface area contributed by atoms with Crippen LogP contribution in [0.1, 0.15) is 5.56 Å². The Bertz CT molecular complexity index is 416. The van der Waals surface area contributed by atoms with Crippen LogP contribution < -0.4 is 11.1 Å². The molecule has 1 aromatic heterocycles. The van der Waals surface area contributed by atoms with E-state index in [2.05, 4.69) is 26.2 Å². The van der Waals surface area contributed by atoms with Gasteiger partial charge in [0.15, 0.2) is 0 Å². The summed E-state index contributed by atoms with van der Waals surface area (Å²) >= 11 is 3.13. The van der Waals surface area contributed by atoms with Gasteiger partial charge >= 0.3 is 0 Å². The number of nitriles is 1. The van der Waals surface area contributed by atoms with Crippen molar-refractivity contribution < 1.29 is 8.78 Å². The van der Waals surface area contributed by atoms with Crippen LogP contribution in [0.25, 0.3) is 0 Å². The number of pyridine rings is 1. The lowest BCUT2D eigenvalue weighted by Gasteiger charge is -2.15. The van der Waals surface area contributed by atoms with Crippen LogP contribution in [0.3, 0.4) is 0 Å². The van der Waals surface area contributed by atoms with E-state index >= 15 is 0 Å². The Morgan fingerprint density at radius 2 is 2.31 bits per heavy atom. The number of hydrogen-bond donors (Lipinski definition) is 2. The van der Waals surface area contributed by atoms with Gasteiger partial charge in [-0.25, -0.2) is 13.8 Å². The average molecular weight is 291 g/mol. The predicted molar refractivity (Wildman–Crippen MR) is 59.1 cm³/mol. The summed E-state index contributed by atoms with van der Waals surface area (Å²) in [5.41, 5.74) is 5.08. The zero-order valence-corrected chi connectivity index (χ0v) is 9.76. The number of alkyl halides is 2. The van der Waals surface area contributed by atoms with Crippen molar-refractivity contribution in [1.82, 2.24) is 4.98 Å². The molecule has 0 saturated heterocycles. The zero-order chi connectivity index (χ0) is 12.2. The van der Waals surface area contributed by atoms with E-state index in [0.29, 0.717) is 4.47 Å². The molecule has 7 heteroatoms. The first-order valence-corrected chi connectivity index (χ1v) is 5.15. The molecular weight excluding hydrogens is 282 g/mol. The molecule has 0 atom stereocenters. The van der Waals surface area contributed by atoms with Crippen LogP contribution in [0.4, 0.5) is 14.6 Å². The van der Waals surface area contributed by atoms with Crippen molar-refractivity contribution in [3.63, 3.8) is 0 Å². The fraction of sp³-hybridized carbons (Fsp3) is 0.333. The van der Waals surface area contributed by atoms with Gasteiger partial charge < -0.3 is 11.1 Å². The van der Waals surface area contributed by atoms with Crippen molar-refractivity contribution in [3.05, 3.63) is 22.3 Å². The SMILES string of the molecule is N#Cc1cc(Br)cnc1NCC(F)(F)CN. The maximum absolute atomic E-state index is 12.8. The largest absolute Gasteiger partial charge is 0.363 e. The van der Waals surface area contributed by atoms with Gasteiger partial charge in [0.05, 0.1) is 18.7 Å². The second-order valence-electron chi connectivity index (χ2n) is 3.08. The highest BCUT2D eigenvalue weighted by atomic mass is 79.9. The molecule has 0 aromatic carbocycles. The van der Waals surface area contributed by atoms with Crippen LogP contribution in [0, 0.1) is 11.3 Å². The molecule has 0 radical (unpaired) electrons. The van der Waals surface area contributed by atoms with Gasteiger partial charge in [0.25, 0.3) is 5.92 Å². The Labute approximate surface area is 99.6 Å². The Kier molecular flexibility index (Phi) is 4.15. The van der Waals surface area contributed by atoms with E-state index in [4.69, 9.17) is 11.0 Å². The highest BCUT2D eigenvalue weighted by Crippen LogP contribution is 2.19. The Balaban J connectivity index is 2.79. The minimum Gasteiger partial charge on any atom is -0.363 e. The van der Waals surface area contributed by atoms with Crippen molar-refractivity contribution in [2.75, 3.05) is 18.4 Å². The van der Waals surface area contributed by atoms with Crippen LogP contribution in [-0.4, -0.2) is 24.0 Å². The lowest BCUT2D eigenvalue weighted by molar-refractivity contribution is 0.0253. The summed E-state index contributed by atoms with van der Waals surface area (Å²) in [5.74, 6) is -2.89. The Morgan fingerprint density at radius 1 is 1.62 bits per heavy atom. The second-order valence-corrected chi connectivity index (χ2v) is 3.99. The molecule has 0 unspecified atom stereocenters. The molecular formula is C9H9BrF2N4. The molecule has 0 amide bonds. The van der Waals surface area contributed by atoms with E-state index in [-0.39, 0.29) is 11.4 Å². The van der Waals surface area contributed by atoms with E-state index in [1.165, 1.54) is 12.3 Å². The van der Waals surface area contributed by atoms with Crippen molar-refractivity contribution in [2.24, 2.45) is 5.73 Å². The summed E-state index contributed by atoms with van der Waals surface area (Å²) in [6, 6.07) is 3.36. The molecule has 4 nitrogen and oxygen atoms in total. The minimum absolute atomic E-state index is 0.124. The van der Waals surface area contributed by atoms with Gasteiger partial charge in [0.2, 0.25) is 0 Å². The molecule has 16 heavy (non-hydrogen) atoms. The highest BCUT2D eigenvalue weighted by Gasteiger charge is 2.26. The Morgan fingerprint density at radius 3 is 2.88 bits per heavy atom. The lowest BCUT2D eigenvalue weighted by Crippen LogP contribution is -2.35. The number of nitrogens with two attached hydrogens (primary N) is 1. The molecule has 86 valence electrons. The lowest BCUT2D eigenvalue weighted by atomic mass is 10.2. The minimum atomic E-state index is -3.01. The number of hydrogen-bond acceptors (Lipinski definition) is 4. The standard InChI is InChI=1S/C9H9BrF2N4/c10-7-1-6(2-13)8(15-3-7)16-5-9(11,12)4-14/h1,3H,4-5,14H2,(H,15,16). The summed E-state index contributed by atoms with van der Waals surface area (Å²) in [6.07, 6.45) is 1.42. The normalized spacial score (nSPS) is 10.9. The van der Waals surface area contributed by atoms with Gasteiger partial charge in [0, 0.05) is 10.7 Å². The number of halogens is 3. The summed E-state index contributed by atoms with van der Waals surface area (Å²) in [5, 5.41) is 11.2. The van der Waals surface area contributed by atoms with Gasteiger partial charge in [-0.05, 0) is 22.0 Å². The van der Waals surface area contributed by atoms with Gasteiger partial charge in [-0.15, -0.1) is 0 Å². The van der Waals surface area contributed by atoms with Crippen molar-refractivity contribution >= 4 is 21.7 Å². The van der Waals surface area contributed by atoms with Gasteiger partial charge in [-0.3, -0.25) is 0 Å². The van der Waals surface area contributed by atoms with E-state index in [1.54, 1.807) is 0 Å². The van der Waals surface area contributed by atoms with Gasteiger partial charge in [0.1, 0.15) is 11.9 Å². The first-order chi connectivity index (χ1) is 7.48. The van der Waals surface area contributed by atoms with Crippen LogP contribution in [0.2, 0.25) is 0 Å². The number of nitrogens with zero attached hydrogens (tertiary/aromatic N) is 2. The smallest absolute Gasteiger partial charge is 0.276 e. The molecule has 0 bridgehead atoms. The van der Waals surface area contributed by atoms with Crippen molar-refractivity contribution in [1.29, 1.82) is 5.26 Å². The van der Waals surface area contributed by atoms with E-state index in [1.807, 2.05) is 6.07 Å². The molecule has 0 spiro atoms. The topological polar surface area (TPSA) is 74.7 Å². The summed E-state index contributed by atoms with van der Waals surface area (Å²) in [7, 11) is 0. The maximum Gasteiger partial charge on any atom is 0.276 e. The molecule has 1 aromatic rings. The molecule has 0 aliphatic heterocycles. The van der Waals surface area contributed by atoms with Crippen LogP contribution in [0.15, 0.2) is 16.7 Å². The summed E-state index contributed by atoms with van der Waals surface area (Å²) < 4.78 is 26.3. The average Bonchev–Trinajstić information content (AvgIpc) is 2.27. The number of nitrogens with one attached hydrogen (secondary N) is 1. The van der Waals surface area contributed by atoms with E-state index in [9.17, 15) is 8.78 Å². The molecule has 1 rings (SSSR count). The van der Waals surface area contributed by atoms with Crippen LogP contribution in [-0.2, 0) is 0 Å². The van der Waals surface area contributed by atoms with Gasteiger partial charge in [-0.2, -0.15) is 5.26 Å². The van der Waals surface area contributed by atoms with E-state index < -0.39 is 19.0 Å². The molecule has 1 heterocycles.